The number of amides is 2. The second-order valence-electron chi connectivity index (χ2n) is 5.11. The van der Waals surface area contributed by atoms with Gasteiger partial charge >= 0.3 is 0 Å². The van der Waals surface area contributed by atoms with Gasteiger partial charge in [-0.15, -0.1) is 0 Å². The van der Waals surface area contributed by atoms with Gasteiger partial charge in [-0.3, -0.25) is 9.59 Å². The van der Waals surface area contributed by atoms with Gasteiger partial charge in [0.25, 0.3) is 0 Å². The van der Waals surface area contributed by atoms with Crippen LogP contribution in [0.4, 0.5) is 0 Å². The first-order valence-corrected chi connectivity index (χ1v) is 6.35. The van der Waals surface area contributed by atoms with Crippen LogP contribution in [-0.4, -0.2) is 43.5 Å². The Kier molecular flexibility index (Phi) is 4.01. The molecule has 0 saturated carbocycles. The van der Waals surface area contributed by atoms with Crippen LogP contribution in [0.5, 0.6) is 0 Å². The van der Waals surface area contributed by atoms with Crippen LogP contribution in [0.1, 0.15) is 12.8 Å². The Bertz CT molecular complexity index is 359. The number of carbonyl (C=O) groups excluding carboxylic acids is 2. The van der Waals surface area contributed by atoms with Gasteiger partial charge in [0.2, 0.25) is 11.8 Å². The number of hydrogen-bond donors (Lipinski definition) is 1. The number of methoxy groups -OCH3 is 1. The van der Waals surface area contributed by atoms with Crippen molar-refractivity contribution in [3.8, 4) is 0 Å². The minimum Gasteiger partial charge on any atom is -0.384 e. The third-order valence-corrected chi connectivity index (χ3v) is 3.86. The molecule has 2 aliphatic rings. The SMILES string of the molecule is COC[C@@H]1CN(C(=O)C2CC=CC2)C[C@H]1C(N)=O. The summed E-state index contributed by atoms with van der Waals surface area (Å²) in [6.07, 6.45) is 5.70. The van der Waals surface area contributed by atoms with Crippen LogP contribution in [0.25, 0.3) is 0 Å². The van der Waals surface area contributed by atoms with Crippen molar-refractivity contribution in [1.82, 2.24) is 4.90 Å². The molecule has 5 heteroatoms. The largest absolute Gasteiger partial charge is 0.384 e. The molecular formula is C13H20N2O3. The van der Waals surface area contributed by atoms with Gasteiger partial charge < -0.3 is 15.4 Å². The average Bonchev–Trinajstić information content (AvgIpc) is 2.97. The van der Waals surface area contributed by atoms with E-state index in [-0.39, 0.29) is 29.6 Å². The van der Waals surface area contributed by atoms with Crippen molar-refractivity contribution >= 4 is 11.8 Å². The van der Waals surface area contributed by atoms with Gasteiger partial charge in [0.1, 0.15) is 0 Å². The molecule has 0 radical (unpaired) electrons. The van der Waals surface area contributed by atoms with E-state index < -0.39 is 0 Å². The first-order valence-electron chi connectivity index (χ1n) is 6.35. The highest BCUT2D eigenvalue weighted by molar-refractivity contribution is 5.83. The van der Waals surface area contributed by atoms with Crippen LogP contribution in [0.2, 0.25) is 0 Å². The van der Waals surface area contributed by atoms with Crippen LogP contribution in [0.15, 0.2) is 12.2 Å². The molecule has 2 atom stereocenters. The Labute approximate surface area is 107 Å². The second-order valence-corrected chi connectivity index (χ2v) is 5.11. The van der Waals surface area contributed by atoms with Crippen molar-refractivity contribution < 1.29 is 14.3 Å². The number of carbonyl (C=O) groups is 2. The molecule has 2 N–H and O–H groups in total. The molecule has 0 aromatic carbocycles. The molecule has 0 bridgehead atoms. The van der Waals surface area contributed by atoms with Crippen molar-refractivity contribution in [3.05, 3.63) is 12.2 Å². The lowest BCUT2D eigenvalue weighted by atomic mass is 9.96. The number of allylic oxidation sites excluding steroid dienone is 2. The second kappa shape index (κ2) is 5.52. The first kappa shape index (κ1) is 13.1. The summed E-state index contributed by atoms with van der Waals surface area (Å²) in [6.45, 7) is 1.50. The maximum atomic E-state index is 12.3. The maximum Gasteiger partial charge on any atom is 0.226 e. The third kappa shape index (κ3) is 2.56. The summed E-state index contributed by atoms with van der Waals surface area (Å²) in [5, 5.41) is 0. The van der Waals surface area contributed by atoms with Gasteiger partial charge in [-0.25, -0.2) is 0 Å². The molecule has 100 valence electrons. The van der Waals surface area contributed by atoms with Crippen LogP contribution < -0.4 is 5.73 Å². The van der Waals surface area contributed by atoms with Gasteiger partial charge in [0.15, 0.2) is 0 Å². The molecule has 5 nitrogen and oxygen atoms in total. The number of nitrogens with two attached hydrogens (primary N) is 1. The van der Waals surface area contributed by atoms with E-state index in [0.29, 0.717) is 19.7 Å². The predicted molar refractivity (Wildman–Crippen MR) is 66.5 cm³/mol. The number of hydrogen-bond acceptors (Lipinski definition) is 3. The summed E-state index contributed by atoms with van der Waals surface area (Å²) < 4.78 is 5.10. The van der Waals surface area contributed by atoms with Crippen molar-refractivity contribution in [1.29, 1.82) is 0 Å². The Balaban J connectivity index is 1.99. The van der Waals surface area contributed by atoms with E-state index in [0.717, 1.165) is 12.8 Å². The number of nitrogens with zero attached hydrogens (tertiary/aromatic N) is 1. The van der Waals surface area contributed by atoms with Gasteiger partial charge in [-0.05, 0) is 12.8 Å². The van der Waals surface area contributed by atoms with Crippen LogP contribution in [-0.2, 0) is 14.3 Å². The third-order valence-electron chi connectivity index (χ3n) is 3.86. The summed E-state index contributed by atoms with van der Waals surface area (Å²) in [7, 11) is 1.60. The molecule has 0 spiro atoms. The summed E-state index contributed by atoms with van der Waals surface area (Å²) in [5.74, 6) is -0.379. The van der Waals surface area contributed by atoms with E-state index in [4.69, 9.17) is 10.5 Å². The van der Waals surface area contributed by atoms with Crippen molar-refractivity contribution in [2.45, 2.75) is 12.8 Å². The van der Waals surface area contributed by atoms with E-state index in [1.54, 1.807) is 12.0 Å². The summed E-state index contributed by atoms with van der Waals surface area (Å²) in [5.41, 5.74) is 5.39. The minimum absolute atomic E-state index is 0.0332. The molecule has 2 rings (SSSR count). The molecule has 0 aromatic heterocycles. The van der Waals surface area contributed by atoms with Crippen molar-refractivity contribution in [3.63, 3.8) is 0 Å². The number of ether oxygens (including phenoxy) is 1. The van der Waals surface area contributed by atoms with Gasteiger partial charge in [-0.1, -0.05) is 12.2 Å². The zero-order valence-corrected chi connectivity index (χ0v) is 10.7. The highest BCUT2D eigenvalue weighted by Gasteiger charge is 2.40. The zero-order chi connectivity index (χ0) is 13.1. The van der Waals surface area contributed by atoms with E-state index in [2.05, 4.69) is 0 Å². The molecule has 18 heavy (non-hydrogen) atoms. The monoisotopic (exact) mass is 252 g/mol. The quantitative estimate of drug-likeness (QED) is 0.724. The fourth-order valence-electron chi connectivity index (χ4n) is 2.83. The van der Waals surface area contributed by atoms with Crippen LogP contribution in [0.3, 0.4) is 0 Å². The summed E-state index contributed by atoms with van der Waals surface area (Å²) in [4.78, 5) is 25.4. The van der Waals surface area contributed by atoms with Crippen LogP contribution in [0, 0.1) is 17.8 Å². The van der Waals surface area contributed by atoms with E-state index >= 15 is 0 Å². The molecular weight excluding hydrogens is 232 g/mol. The van der Waals surface area contributed by atoms with Gasteiger partial charge in [0, 0.05) is 32.0 Å². The maximum absolute atomic E-state index is 12.3. The zero-order valence-electron chi connectivity index (χ0n) is 10.7. The highest BCUT2D eigenvalue weighted by Crippen LogP contribution is 2.28. The lowest BCUT2D eigenvalue weighted by Crippen LogP contribution is -2.35. The average molecular weight is 252 g/mol. The topological polar surface area (TPSA) is 72.6 Å². The summed E-state index contributed by atoms with van der Waals surface area (Å²) in [6, 6.07) is 0. The predicted octanol–water partition coefficient (Wildman–Crippen LogP) is 0.159. The fraction of sp³-hybridized carbons (Fsp3) is 0.692. The normalized spacial score (nSPS) is 27.9. The standard InChI is InChI=1S/C13H20N2O3/c1-18-8-10-6-15(7-11(10)12(14)16)13(17)9-4-2-3-5-9/h2-3,9-11H,4-8H2,1H3,(H2,14,16)/t10-,11+/m0/s1. The molecule has 1 heterocycles. The minimum atomic E-state index is -0.336. The van der Waals surface area contributed by atoms with E-state index in [1.807, 2.05) is 12.2 Å². The summed E-state index contributed by atoms with van der Waals surface area (Å²) >= 11 is 0. The molecule has 0 aromatic rings. The van der Waals surface area contributed by atoms with Crippen LogP contribution >= 0.6 is 0 Å². The molecule has 0 unspecified atom stereocenters. The Morgan fingerprint density at radius 1 is 1.33 bits per heavy atom. The van der Waals surface area contributed by atoms with E-state index in [9.17, 15) is 9.59 Å². The Morgan fingerprint density at radius 3 is 2.56 bits per heavy atom. The number of likely N-dealkylation sites (tertiary alicyclic amines) is 1. The number of rotatable bonds is 4. The fourth-order valence-corrected chi connectivity index (χ4v) is 2.83. The Morgan fingerprint density at radius 2 is 2.00 bits per heavy atom. The first-order chi connectivity index (χ1) is 8.63. The number of primary amides is 1. The van der Waals surface area contributed by atoms with E-state index in [1.165, 1.54) is 0 Å². The molecule has 2 amide bonds. The molecule has 1 saturated heterocycles. The van der Waals surface area contributed by atoms with Gasteiger partial charge in [0.05, 0.1) is 12.5 Å². The molecule has 1 aliphatic carbocycles. The van der Waals surface area contributed by atoms with Crippen molar-refractivity contribution in [2.24, 2.45) is 23.5 Å². The smallest absolute Gasteiger partial charge is 0.226 e. The lowest BCUT2D eigenvalue weighted by molar-refractivity contribution is -0.134. The highest BCUT2D eigenvalue weighted by atomic mass is 16.5. The lowest BCUT2D eigenvalue weighted by Gasteiger charge is -2.20. The Hall–Kier alpha value is -1.36. The van der Waals surface area contributed by atoms with Crippen molar-refractivity contribution in [2.75, 3.05) is 26.8 Å². The molecule has 1 aliphatic heterocycles. The molecule has 1 fully saturated rings. The van der Waals surface area contributed by atoms with Gasteiger partial charge in [-0.2, -0.15) is 0 Å².